The van der Waals surface area contributed by atoms with Gasteiger partial charge in [0.05, 0.1) is 0 Å². The molecule has 0 fully saturated rings. The molecule has 18 heavy (non-hydrogen) atoms. The number of nitrogens with one attached hydrogen (secondary N) is 3. The van der Waals surface area contributed by atoms with Crippen molar-refractivity contribution < 1.29 is 0 Å². The minimum atomic E-state index is 0.178. The third kappa shape index (κ3) is 5.64. The zero-order chi connectivity index (χ0) is 13.2. The van der Waals surface area contributed by atoms with Gasteiger partial charge in [0.25, 0.3) is 0 Å². The SMILES string of the molecule is Nc1n[nH]c(N)n1.Nc1ncn[nH]1.c1nc[nH]n1. The number of anilines is 3. The Labute approximate surface area is 100 Å². The first-order valence-electron chi connectivity index (χ1n) is 4.51. The molecule has 0 saturated heterocycles. The van der Waals surface area contributed by atoms with Crippen molar-refractivity contribution in [2.24, 2.45) is 0 Å². The zero-order valence-corrected chi connectivity index (χ0v) is 9.15. The largest absolute Gasteiger partial charge is 0.368 e. The second kappa shape index (κ2) is 7.15. The number of hydrogen-bond donors (Lipinski definition) is 6. The van der Waals surface area contributed by atoms with E-state index in [4.69, 9.17) is 17.2 Å². The molecule has 0 aromatic carbocycles. The molecule has 3 rings (SSSR count). The van der Waals surface area contributed by atoms with Gasteiger partial charge in [0.1, 0.15) is 19.0 Å². The fourth-order valence-electron chi connectivity index (χ4n) is 0.670. The minimum Gasteiger partial charge on any atom is -0.368 e. The van der Waals surface area contributed by atoms with Crippen LogP contribution in [-0.4, -0.2) is 45.5 Å². The van der Waals surface area contributed by atoms with Gasteiger partial charge in [-0.1, -0.05) is 0 Å². The van der Waals surface area contributed by atoms with Gasteiger partial charge in [0.2, 0.25) is 17.8 Å². The Hall–Kier alpha value is -3.18. The van der Waals surface area contributed by atoms with Crippen LogP contribution in [0.4, 0.5) is 17.8 Å². The average molecular weight is 252 g/mol. The van der Waals surface area contributed by atoms with E-state index in [9.17, 15) is 0 Å². The Balaban J connectivity index is 0.000000137. The number of rotatable bonds is 0. The highest BCUT2D eigenvalue weighted by molar-refractivity contribution is 5.23. The van der Waals surface area contributed by atoms with E-state index in [1.54, 1.807) is 0 Å². The summed E-state index contributed by atoms with van der Waals surface area (Å²) in [6, 6.07) is 0. The van der Waals surface area contributed by atoms with Gasteiger partial charge < -0.3 is 17.2 Å². The third-order valence-corrected chi connectivity index (χ3v) is 1.28. The van der Waals surface area contributed by atoms with Crippen LogP contribution in [0.3, 0.4) is 0 Å². The molecule has 0 radical (unpaired) electrons. The number of nitrogens with two attached hydrogens (primary N) is 3. The van der Waals surface area contributed by atoms with Gasteiger partial charge in [-0.05, 0) is 0 Å². The maximum atomic E-state index is 5.07. The highest BCUT2D eigenvalue weighted by atomic mass is 15.3. The van der Waals surface area contributed by atoms with Crippen LogP contribution in [0.2, 0.25) is 0 Å². The van der Waals surface area contributed by atoms with E-state index in [1.807, 2.05) is 0 Å². The maximum Gasteiger partial charge on any atom is 0.241 e. The summed E-state index contributed by atoms with van der Waals surface area (Å²) >= 11 is 0. The molecule has 0 unspecified atom stereocenters. The number of nitrogen functional groups attached to an aromatic ring is 3. The molecule has 12 heteroatoms. The van der Waals surface area contributed by atoms with Crippen molar-refractivity contribution in [2.75, 3.05) is 17.2 Å². The van der Waals surface area contributed by atoms with Crippen molar-refractivity contribution in [3.63, 3.8) is 0 Å². The summed E-state index contributed by atoms with van der Waals surface area (Å²) in [5.74, 6) is 0.782. The van der Waals surface area contributed by atoms with E-state index >= 15 is 0 Å². The summed E-state index contributed by atoms with van der Waals surface area (Å²) in [6.07, 6.45) is 4.31. The number of H-pyrrole nitrogens is 3. The highest BCUT2D eigenvalue weighted by Gasteiger charge is 1.87. The summed E-state index contributed by atoms with van der Waals surface area (Å²) in [7, 11) is 0. The molecule has 3 aromatic heterocycles. The number of hydrogen-bond acceptors (Lipinski definition) is 9. The summed E-state index contributed by atoms with van der Waals surface area (Å²) in [5, 5.41) is 17.7. The lowest BCUT2D eigenvalue weighted by atomic mass is 11.0. The first-order valence-corrected chi connectivity index (χ1v) is 4.51. The fraction of sp³-hybridized carbons (Fsp3) is 0. The average Bonchev–Trinajstić information content (AvgIpc) is 3.04. The molecule has 3 heterocycles. The quantitative estimate of drug-likeness (QED) is 0.265. The molecule has 3 aromatic rings. The van der Waals surface area contributed by atoms with Crippen LogP contribution < -0.4 is 17.2 Å². The Morgan fingerprint density at radius 3 is 1.94 bits per heavy atom. The van der Waals surface area contributed by atoms with Crippen LogP contribution in [0.15, 0.2) is 19.0 Å². The smallest absolute Gasteiger partial charge is 0.241 e. The Kier molecular flexibility index (Phi) is 5.12. The van der Waals surface area contributed by atoms with Crippen LogP contribution in [0.1, 0.15) is 0 Å². The van der Waals surface area contributed by atoms with Crippen LogP contribution in [0, 0.1) is 0 Å². The monoisotopic (exact) mass is 252 g/mol. The van der Waals surface area contributed by atoms with Crippen molar-refractivity contribution in [3.05, 3.63) is 19.0 Å². The topological polar surface area (TPSA) is 203 Å². The van der Waals surface area contributed by atoms with Crippen LogP contribution >= 0.6 is 0 Å². The van der Waals surface area contributed by atoms with E-state index in [0.29, 0.717) is 5.95 Å². The Bertz CT molecular complexity index is 461. The first kappa shape index (κ1) is 12.9. The Morgan fingerprint density at radius 2 is 1.78 bits per heavy atom. The standard InChI is InChI=1S/C2H5N5.C2H4N4.C2H3N3/c3-1-5-2(4)7-6-1;3-2-4-1-5-6-2;1-3-2-5-4-1/h(H5,3,4,5,6,7);1H,(H3,3,4,5,6);1-2H,(H,3,4,5). The van der Waals surface area contributed by atoms with E-state index in [-0.39, 0.29) is 11.9 Å². The molecular formula is C6H12N12. The predicted molar refractivity (Wildman–Crippen MR) is 62.4 cm³/mol. The lowest BCUT2D eigenvalue weighted by Gasteiger charge is -1.69. The van der Waals surface area contributed by atoms with E-state index in [1.165, 1.54) is 19.0 Å². The van der Waals surface area contributed by atoms with Gasteiger partial charge in [0.15, 0.2) is 0 Å². The van der Waals surface area contributed by atoms with Gasteiger partial charge in [-0.2, -0.15) is 15.2 Å². The molecule has 96 valence electrons. The van der Waals surface area contributed by atoms with Crippen molar-refractivity contribution in [2.45, 2.75) is 0 Å². The normalized spacial score (nSPS) is 8.67. The maximum absolute atomic E-state index is 5.07. The first-order chi connectivity index (χ1) is 8.68. The molecule has 0 aliphatic heterocycles. The van der Waals surface area contributed by atoms with E-state index < -0.39 is 0 Å². The van der Waals surface area contributed by atoms with Gasteiger partial charge >= 0.3 is 0 Å². The Morgan fingerprint density at radius 1 is 0.944 bits per heavy atom. The molecule has 0 saturated carbocycles. The van der Waals surface area contributed by atoms with E-state index in [0.717, 1.165) is 0 Å². The van der Waals surface area contributed by atoms with Crippen molar-refractivity contribution in [1.82, 2.24) is 45.5 Å². The van der Waals surface area contributed by atoms with Gasteiger partial charge in [0, 0.05) is 0 Å². The predicted octanol–water partition coefficient (Wildman–Crippen LogP) is -1.84. The summed E-state index contributed by atoms with van der Waals surface area (Å²) in [5.41, 5.74) is 15.2. The zero-order valence-electron chi connectivity index (χ0n) is 9.15. The summed E-state index contributed by atoms with van der Waals surface area (Å²) in [6.45, 7) is 0. The molecule has 0 aliphatic carbocycles. The number of nitrogens with zero attached hydrogens (tertiary/aromatic N) is 6. The van der Waals surface area contributed by atoms with Gasteiger partial charge in [-0.25, -0.2) is 20.2 Å². The van der Waals surface area contributed by atoms with E-state index in [2.05, 4.69) is 45.5 Å². The molecule has 0 bridgehead atoms. The number of aromatic nitrogens is 9. The molecule has 0 spiro atoms. The number of aromatic amines is 3. The van der Waals surface area contributed by atoms with Crippen LogP contribution in [0.25, 0.3) is 0 Å². The van der Waals surface area contributed by atoms with Gasteiger partial charge in [-0.15, -0.1) is 5.10 Å². The lowest BCUT2D eigenvalue weighted by molar-refractivity contribution is 1.09. The summed E-state index contributed by atoms with van der Waals surface area (Å²) < 4.78 is 0. The third-order valence-electron chi connectivity index (χ3n) is 1.28. The second-order valence-electron chi connectivity index (χ2n) is 2.60. The summed E-state index contributed by atoms with van der Waals surface area (Å²) in [4.78, 5) is 10.6. The highest BCUT2D eigenvalue weighted by Crippen LogP contribution is 1.89. The van der Waals surface area contributed by atoms with Gasteiger partial charge in [-0.3, -0.25) is 5.10 Å². The van der Waals surface area contributed by atoms with Crippen LogP contribution in [-0.2, 0) is 0 Å². The lowest BCUT2D eigenvalue weighted by Crippen LogP contribution is -1.87. The van der Waals surface area contributed by atoms with Crippen molar-refractivity contribution in [3.8, 4) is 0 Å². The van der Waals surface area contributed by atoms with Crippen molar-refractivity contribution in [1.29, 1.82) is 0 Å². The van der Waals surface area contributed by atoms with Crippen LogP contribution in [0.5, 0.6) is 0 Å². The minimum absolute atomic E-state index is 0.178. The molecule has 0 amide bonds. The second-order valence-corrected chi connectivity index (χ2v) is 2.60. The molecule has 0 aliphatic rings. The fourth-order valence-corrected chi connectivity index (χ4v) is 0.670. The molecular weight excluding hydrogens is 240 g/mol. The molecule has 0 atom stereocenters. The van der Waals surface area contributed by atoms with Crippen molar-refractivity contribution >= 4 is 17.8 Å². The molecule has 9 N–H and O–H groups in total. The molecule has 12 nitrogen and oxygen atoms in total.